The van der Waals surface area contributed by atoms with Crippen molar-refractivity contribution in [3.8, 4) is 69.0 Å². The van der Waals surface area contributed by atoms with Crippen molar-refractivity contribution in [3.05, 3.63) is 310 Å². The van der Waals surface area contributed by atoms with Gasteiger partial charge in [-0.1, -0.05) is 200 Å². The highest BCUT2D eigenvalue weighted by Gasteiger charge is 2.53. The first kappa shape index (κ1) is 51.0. The molecule has 10 heteroatoms. The van der Waals surface area contributed by atoms with Crippen molar-refractivity contribution in [3.63, 3.8) is 0 Å². The van der Waals surface area contributed by atoms with Gasteiger partial charge in [-0.05, 0) is 137 Å². The van der Waals surface area contributed by atoms with Gasteiger partial charge in [0.05, 0.1) is 66.3 Å². The first-order valence-corrected chi connectivity index (χ1v) is 32.0. The second-order valence-corrected chi connectivity index (χ2v) is 25.8. The van der Waals surface area contributed by atoms with E-state index in [2.05, 4.69) is 264 Å². The summed E-state index contributed by atoms with van der Waals surface area (Å²) < 4.78 is 4.90. The zero-order chi connectivity index (χ0) is 63.2. The van der Waals surface area contributed by atoms with Crippen LogP contribution in [0.5, 0.6) is 0 Å². The van der Waals surface area contributed by atoms with Gasteiger partial charge in [-0.25, -0.2) is 19.9 Å². The summed E-state index contributed by atoms with van der Waals surface area (Å²) in [6, 6.07) is 96.9. The van der Waals surface area contributed by atoms with E-state index in [0.717, 1.165) is 126 Å². The van der Waals surface area contributed by atoms with Crippen LogP contribution < -0.4 is 0 Å². The molecule has 6 heterocycles. The minimum atomic E-state index is -0.766. The lowest BCUT2D eigenvalue weighted by molar-refractivity contribution is 0.750. The molecule has 14 aromatic carbocycles. The maximum Gasteiger partial charge on any atom is 0.177 e. The van der Waals surface area contributed by atoms with Gasteiger partial charge in [0.1, 0.15) is 24.3 Å². The molecule has 0 amide bonds. The Labute approximate surface area is 545 Å². The second-order valence-electron chi connectivity index (χ2n) is 25.8. The molecule has 0 radical (unpaired) electrons. The van der Waals surface area contributed by atoms with Crippen LogP contribution in [0.25, 0.3) is 154 Å². The van der Waals surface area contributed by atoms with Crippen LogP contribution >= 0.6 is 0 Å². The third-order valence-corrected chi connectivity index (χ3v) is 21.8. The molecule has 0 N–H and O–H groups in total. The van der Waals surface area contributed by atoms with Crippen molar-refractivity contribution in [2.45, 2.75) is 10.8 Å². The number of fused-ring (bicyclic) bond motifs is 38. The molecule has 434 valence electrons. The van der Waals surface area contributed by atoms with E-state index in [9.17, 15) is 21.0 Å². The summed E-state index contributed by atoms with van der Waals surface area (Å²) in [5.41, 5.74) is 22.7. The Hall–Kier alpha value is -13.6. The molecule has 0 fully saturated rings. The van der Waals surface area contributed by atoms with Crippen molar-refractivity contribution in [2.75, 3.05) is 0 Å². The molecule has 96 heavy (non-hydrogen) atoms. The SMILES string of the molecule is N#Cc1nc2c3cc(-c4ccc5c6c7c(cc8c6n(c5c4)-c4ccccc4C84c5ccccc5-c5ccccc54)c4ccccc4c4nc(C#N)c(C#N)nc47)ccc3c3c(cc4c5c3c3ccccc3n5-c3ccccc3C43c4ccccc4-c4ccccc43)c2nc1C#N. The maximum atomic E-state index is 10.9. The number of para-hydroxylation sites is 3. The highest BCUT2D eigenvalue weighted by Crippen LogP contribution is 2.65. The van der Waals surface area contributed by atoms with Crippen LogP contribution in [0.2, 0.25) is 0 Å². The lowest BCUT2D eigenvalue weighted by Gasteiger charge is -2.40. The Kier molecular flexibility index (Phi) is 9.40. The number of nitrogens with zero attached hydrogens (tertiary/aromatic N) is 10. The topological polar surface area (TPSA) is 157 Å². The predicted molar refractivity (Wildman–Crippen MR) is 377 cm³/mol. The van der Waals surface area contributed by atoms with Crippen LogP contribution in [0.4, 0.5) is 0 Å². The van der Waals surface area contributed by atoms with E-state index >= 15 is 0 Å². The molecule has 0 saturated heterocycles. The summed E-state index contributed by atoms with van der Waals surface area (Å²) in [5.74, 6) is 0. The van der Waals surface area contributed by atoms with Crippen LogP contribution in [0.1, 0.15) is 67.3 Å². The first-order chi connectivity index (χ1) is 47.5. The van der Waals surface area contributed by atoms with Gasteiger partial charge in [-0.2, -0.15) is 21.0 Å². The average molecular weight is 1210 g/mol. The molecule has 2 spiro atoms. The predicted octanol–water partition coefficient (Wildman–Crippen LogP) is 18.9. The normalized spacial score (nSPS) is 13.8. The summed E-state index contributed by atoms with van der Waals surface area (Å²) in [6.45, 7) is 0. The summed E-state index contributed by atoms with van der Waals surface area (Å²) in [4.78, 5) is 20.6. The number of rotatable bonds is 1. The summed E-state index contributed by atoms with van der Waals surface area (Å²) in [6.07, 6.45) is 0. The van der Waals surface area contributed by atoms with E-state index in [4.69, 9.17) is 19.9 Å². The minimum Gasteiger partial charge on any atom is -0.309 e. The van der Waals surface area contributed by atoms with Crippen LogP contribution in [0, 0.1) is 45.3 Å². The van der Waals surface area contributed by atoms with Crippen LogP contribution in [0.3, 0.4) is 0 Å². The van der Waals surface area contributed by atoms with Gasteiger partial charge in [0, 0.05) is 48.5 Å². The Morgan fingerprint density at radius 2 is 0.646 bits per heavy atom. The zero-order valence-electron chi connectivity index (χ0n) is 50.6. The van der Waals surface area contributed by atoms with E-state index < -0.39 is 10.8 Å². The lowest BCUT2D eigenvalue weighted by atomic mass is 9.65. The molecule has 0 bridgehead atoms. The molecule has 22 rings (SSSR count). The standard InChI is InChI=1S/C86H40N10/c87-41-67-68(42-88)93-81-58-40-66-83-77(54-23-7-14-30-71(54)95(83)72-31-15-12-28-63(72)86(66)61-26-10-5-20-50(61)51-21-6-11-27-62(51)86)75(58)52-35-33-45(37-57(52)80(81)92-67)46-34-36-55-74(38-46)96-73-32-16-13-29-64(73)85(59-24-8-3-18-48(59)49-19-4-9-25-60(49)85)65-39-56-47-17-1-2-22-53(47)79-82(76(56)78(55)84(65)96)94-70(44-90)69(43-89)91-79/h1-40H. The monoisotopic (exact) mass is 1210 g/mol. The largest absolute Gasteiger partial charge is 0.309 e. The summed E-state index contributed by atoms with van der Waals surface area (Å²) >= 11 is 0. The Balaban J connectivity index is 0.883. The third kappa shape index (κ3) is 5.76. The molecule has 10 nitrogen and oxygen atoms in total. The molecule has 0 atom stereocenters. The number of hydrogen-bond donors (Lipinski definition) is 0. The van der Waals surface area contributed by atoms with Gasteiger partial charge in [0.15, 0.2) is 22.8 Å². The highest BCUT2D eigenvalue weighted by molar-refractivity contribution is 6.37. The maximum absolute atomic E-state index is 10.9. The van der Waals surface area contributed by atoms with E-state index in [1.54, 1.807) is 0 Å². The molecule has 0 unspecified atom stereocenters. The van der Waals surface area contributed by atoms with Crippen molar-refractivity contribution < 1.29 is 0 Å². The van der Waals surface area contributed by atoms with Gasteiger partial charge >= 0.3 is 0 Å². The fourth-order valence-corrected chi connectivity index (χ4v) is 18.4. The zero-order valence-corrected chi connectivity index (χ0v) is 50.6. The fraction of sp³-hybridized carbons (Fsp3) is 0.0233. The van der Waals surface area contributed by atoms with Crippen LogP contribution in [-0.4, -0.2) is 29.1 Å². The van der Waals surface area contributed by atoms with Crippen LogP contribution in [-0.2, 0) is 10.8 Å². The third-order valence-electron chi connectivity index (χ3n) is 21.8. The van der Waals surface area contributed by atoms with Crippen molar-refractivity contribution in [1.82, 2.24) is 29.1 Å². The van der Waals surface area contributed by atoms with E-state index in [1.807, 2.05) is 12.1 Å². The Morgan fingerprint density at radius 1 is 0.260 bits per heavy atom. The number of nitriles is 4. The molecule has 4 aliphatic rings. The lowest BCUT2D eigenvalue weighted by Crippen LogP contribution is -2.33. The first-order valence-electron chi connectivity index (χ1n) is 32.0. The van der Waals surface area contributed by atoms with E-state index in [-0.39, 0.29) is 22.8 Å². The van der Waals surface area contributed by atoms with Gasteiger partial charge < -0.3 is 9.13 Å². The number of benzene rings is 14. The van der Waals surface area contributed by atoms with Gasteiger partial charge in [0.25, 0.3) is 0 Å². The van der Waals surface area contributed by atoms with Gasteiger partial charge in [-0.3, -0.25) is 0 Å². The van der Waals surface area contributed by atoms with Crippen molar-refractivity contribution in [1.29, 1.82) is 21.0 Å². The van der Waals surface area contributed by atoms with Crippen LogP contribution in [0.15, 0.2) is 243 Å². The highest BCUT2D eigenvalue weighted by atomic mass is 15.0. The quantitative estimate of drug-likeness (QED) is 0.147. The molecular weight excluding hydrogens is 1170 g/mol. The number of hydrogen-bond acceptors (Lipinski definition) is 8. The van der Waals surface area contributed by atoms with E-state index in [1.165, 1.54) is 50.1 Å². The Bertz CT molecular complexity index is 6940. The molecule has 2 aliphatic carbocycles. The molecular formula is C86H40N10. The fourth-order valence-electron chi connectivity index (χ4n) is 18.4. The molecule has 0 saturated carbocycles. The van der Waals surface area contributed by atoms with Gasteiger partial charge in [-0.15, -0.1) is 0 Å². The number of aromatic nitrogens is 6. The Morgan fingerprint density at radius 3 is 1.19 bits per heavy atom. The summed E-state index contributed by atoms with van der Waals surface area (Å²) in [5, 5.41) is 54.1. The average Bonchev–Trinajstić information content (AvgIpc) is 1.46. The minimum absolute atomic E-state index is 0.0188. The second kappa shape index (κ2) is 17.7. The van der Waals surface area contributed by atoms with Crippen molar-refractivity contribution in [2.24, 2.45) is 0 Å². The van der Waals surface area contributed by atoms with Gasteiger partial charge in [0.2, 0.25) is 0 Å². The van der Waals surface area contributed by atoms with E-state index in [0.29, 0.717) is 22.1 Å². The summed E-state index contributed by atoms with van der Waals surface area (Å²) in [7, 11) is 0. The van der Waals surface area contributed by atoms with Crippen molar-refractivity contribution >= 4 is 109 Å². The smallest absolute Gasteiger partial charge is 0.177 e. The molecule has 18 aromatic rings. The molecule has 2 aliphatic heterocycles. The molecule has 4 aromatic heterocycles.